The van der Waals surface area contributed by atoms with Gasteiger partial charge in [-0.2, -0.15) is 0 Å². The molecule has 1 heterocycles. The van der Waals surface area contributed by atoms with Crippen LogP contribution in [0.4, 0.5) is 4.39 Å². The van der Waals surface area contributed by atoms with Crippen molar-refractivity contribution in [1.29, 1.82) is 0 Å². The van der Waals surface area contributed by atoms with E-state index in [1.807, 2.05) is 6.07 Å². The standard InChI is InChI=1S/C16H25FN2/c1-4-6-15-11-19(16(2,3)12-18-15)10-13-7-5-8-14(17)9-13/h5,7-9,15,18H,4,6,10-12H2,1-3H3. The smallest absolute Gasteiger partial charge is 0.123 e. The fourth-order valence-corrected chi connectivity index (χ4v) is 2.76. The summed E-state index contributed by atoms with van der Waals surface area (Å²) in [5, 5.41) is 3.62. The second-order valence-corrected chi connectivity index (χ2v) is 6.19. The summed E-state index contributed by atoms with van der Waals surface area (Å²) in [5.74, 6) is -0.143. The molecule has 1 atom stereocenters. The first-order valence-electron chi connectivity index (χ1n) is 7.24. The number of nitrogens with one attached hydrogen (secondary N) is 1. The van der Waals surface area contributed by atoms with Gasteiger partial charge in [0.05, 0.1) is 0 Å². The van der Waals surface area contributed by atoms with Crippen LogP contribution < -0.4 is 5.32 Å². The van der Waals surface area contributed by atoms with Crippen LogP contribution in [0.5, 0.6) is 0 Å². The zero-order valence-electron chi connectivity index (χ0n) is 12.2. The summed E-state index contributed by atoms with van der Waals surface area (Å²) >= 11 is 0. The number of nitrogens with zero attached hydrogens (tertiary/aromatic N) is 1. The molecule has 0 saturated carbocycles. The van der Waals surface area contributed by atoms with Crippen LogP contribution in [0.25, 0.3) is 0 Å². The molecule has 1 N–H and O–H groups in total. The van der Waals surface area contributed by atoms with Gasteiger partial charge in [-0.25, -0.2) is 4.39 Å². The second kappa shape index (κ2) is 6.02. The lowest BCUT2D eigenvalue weighted by Crippen LogP contribution is -2.61. The van der Waals surface area contributed by atoms with E-state index in [0.29, 0.717) is 6.04 Å². The molecule has 0 spiro atoms. The van der Waals surface area contributed by atoms with Gasteiger partial charge >= 0.3 is 0 Å². The summed E-state index contributed by atoms with van der Waals surface area (Å²) in [6, 6.07) is 7.52. The van der Waals surface area contributed by atoms with E-state index in [1.165, 1.54) is 18.9 Å². The SMILES string of the molecule is CCCC1CN(Cc2cccc(F)c2)C(C)(C)CN1. The lowest BCUT2D eigenvalue weighted by Gasteiger charge is -2.46. The topological polar surface area (TPSA) is 15.3 Å². The Morgan fingerprint density at radius 3 is 2.89 bits per heavy atom. The Hall–Kier alpha value is -0.930. The van der Waals surface area contributed by atoms with Crippen LogP contribution in [0.15, 0.2) is 24.3 Å². The van der Waals surface area contributed by atoms with Crippen LogP contribution in [-0.4, -0.2) is 29.6 Å². The molecule has 1 aliphatic heterocycles. The fourth-order valence-electron chi connectivity index (χ4n) is 2.76. The zero-order valence-corrected chi connectivity index (χ0v) is 12.2. The fraction of sp³-hybridized carbons (Fsp3) is 0.625. The number of piperazine rings is 1. The van der Waals surface area contributed by atoms with Gasteiger partial charge in [0.2, 0.25) is 0 Å². The Kier molecular flexibility index (Phi) is 4.58. The highest BCUT2D eigenvalue weighted by Crippen LogP contribution is 2.23. The number of hydrogen-bond donors (Lipinski definition) is 1. The van der Waals surface area contributed by atoms with Crippen molar-refractivity contribution >= 4 is 0 Å². The summed E-state index contributed by atoms with van der Waals surface area (Å²) in [5.41, 5.74) is 1.18. The molecule has 3 heteroatoms. The summed E-state index contributed by atoms with van der Waals surface area (Å²) in [7, 11) is 0. The zero-order chi connectivity index (χ0) is 13.9. The van der Waals surface area contributed by atoms with Crippen LogP contribution in [-0.2, 0) is 6.54 Å². The summed E-state index contributed by atoms with van der Waals surface area (Å²) in [6.07, 6.45) is 2.40. The van der Waals surface area contributed by atoms with Crippen LogP contribution in [0, 0.1) is 5.82 Å². The maximum absolute atomic E-state index is 13.3. The van der Waals surface area contributed by atoms with E-state index in [2.05, 4.69) is 31.0 Å². The van der Waals surface area contributed by atoms with Crippen molar-refractivity contribution in [3.8, 4) is 0 Å². The van der Waals surface area contributed by atoms with Crippen molar-refractivity contribution in [2.45, 2.75) is 51.7 Å². The molecule has 0 radical (unpaired) electrons. The molecule has 1 unspecified atom stereocenters. The minimum Gasteiger partial charge on any atom is -0.311 e. The monoisotopic (exact) mass is 264 g/mol. The molecule has 0 aliphatic carbocycles. The highest BCUT2D eigenvalue weighted by Gasteiger charge is 2.33. The normalized spacial score (nSPS) is 23.5. The quantitative estimate of drug-likeness (QED) is 0.898. The van der Waals surface area contributed by atoms with Gasteiger partial charge in [0.25, 0.3) is 0 Å². The Morgan fingerprint density at radius 1 is 1.42 bits per heavy atom. The maximum Gasteiger partial charge on any atom is 0.123 e. The predicted octanol–water partition coefficient (Wildman–Crippen LogP) is 3.18. The molecule has 1 aromatic rings. The maximum atomic E-state index is 13.3. The number of benzene rings is 1. The van der Waals surface area contributed by atoms with Gasteiger partial charge in [0.15, 0.2) is 0 Å². The van der Waals surface area contributed by atoms with Crippen molar-refractivity contribution in [2.75, 3.05) is 13.1 Å². The van der Waals surface area contributed by atoms with Crippen LogP contribution >= 0.6 is 0 Å². The van der Waals surface area contributed by atoms with E-state index in [0.717, 1.165) is 25.2 Å². The second-order valence-electron chi connectivity index (χ2n) is 6.19. The lowest BCUT2D eigenvalue weighted by atomic mass is 9.95. The molecular formula is C16H25FN2. The van der Waals surface area contributed by atoms with Gasteiger partial charge < -0.3 is 5.32 Å². The van der Waals surface area contributed by atoms with Crippen LogP contribution in [0.3, 0.4) is 0 Å². The Balaban J connectivity index is 2.06. The molecule has 1 aliphatic rings. The molecule has 2 rings (SSSR count). The van der Waals surface area contributed by atoms with E-state index in [1.54, 1.807) is 12.1 Å². The van der Waals surface area contributed by atoms with Crippen molar-refractivity contribution in [3.05, 3.63) is 35.6 Å². The number of hydrogen-bond acceptors (Lipinski definition) is 2. The Labute approximate surface area is 116 Å². The molecule has 106 valence electrons. The van der Waals surface area contributed by atoms with E-state index in [-0.39, 0.29) is 11.4 Å². The van der Waals surface area contributed by atoms with Gasteiger partial charge in [0, 0.05) is 31.2 Å². The molecule has 1 fully saturated rings. The lowest BCUT2D eigenvalue weighted by molar-refractivity contribution is 0.0563. The van der Waals surface area contributed by atoms with Crippen molar-refractivity contribution in [1.82, 2.24) is 10.2 Å². The minimum atomic E-state index is -0.143. The van der Waals surface area contributed by atoms with Gasteiger partial charge in [-0.1, -0.05) is 25.5 Å². The van der Waals surface area contributed by atoms with Gasteiger partial charge in [0.1, 0.15) is 5.82 Å². The number of rotatable bonds is 4. The molecule has 2 nitrogen and oxygen atoms in total. The van der Waals surface area contributed by atoms with Crippen molar-refractivity contribution in [3.63, 3.8) is 0 Å². The van der Waals surface area contributed by atoms with Gasteiger partial charge in [-0.05, 0) is 38.0 Å². The predicted molar refractivity (Wildman–Crippen MR) is 77.6 cm³/mol. The van der Waals surface area contributed by atoms with E-state index < -0.39 is 0 Å². The number of halogens is 1. The minimum absolute atomic E-state index is 0.122. The third kappa shape index (κ3) is 3.77. The largest absolute Gasteiger partial charge is 0.311 e. The first kappa shape index (κ1) is 14.5. The van der Waals surface area contributed by atoms with Gasteiger partial charge in [-0.15, -0.1) is 0 Å². The molecule has 1 saturated heterocycles. The van der Waals surface area contributed by atoms with E-state index in [4.69, 9.17) is 0 Å². The first-order valence-corrected chi connectivity index (χ1v) is 7.24. The molecule has 19 heavy (non-hydrogen) atoms. The molecular weight excluding hydrogens is 239 g/mol. The Bertz CT molecular complexity index is 417. The van der Waals surface area contributed by atoms with Crippen LogP contribution in [0.1, 0.15) is 39.2 Å². The third-order valence-corrected chi connectivity index (χ3v) is 4.02. The molecule has 0 bridgehead atoms. The molecule has 0 amide bonds. The third-order valence-electron chi connectivity index (χ3n) is 4.02. The summed E-state index contributed by atoms with van der Waals surface area (Å²) in [6.45, 7) is 9.58. The van der Waals surface area contributed by atoms with Crippen molar-refractivity contribution in [2.24, 2.45) is 0 Å². The average molecular weight is 264 g/mol. The highest BCUT2D eigenvalue weighted by molar-refractivity contribution is 5.17. The summed E-state index contributed by atoms with van der Waals surface area (Å²) < 4.78 is 13.3. The van der Waals surface area contributed by atoms with Crippen LogP contribution in [0.2, 0.25) is 0 Å². The van der Waals surface area contributed by atoms with E-state index in [9.17, 15) is 4.39 Å². The molecule has 0 aromatic heterocycles. The molecule has 1 aromatic carbocycles. The van der Waals surface area contributed by atoms with Gasteiger partial charge in [-0.3, -0.25) is 4.90 Å². The first-order chi connectivity index (χ1) is 9.01. The van der Waals surface area contributed by atoms with Crippen molar-refractivity contribution < 1.29 is 4.39 Å². The Morgan fingerprint density at radius 2 is 2.21 bits per heavy atom. The summed E-state index contributed by atoms with van der Waals surface area (Å²) in [4.78, 5) is 2.47. The van der Waals surface area contributed by atoms with E-state index >= 15 is 0 Å². The highest BCUT2D eigenvalue weighted by atomic mass is 19.1. The average Bonchev–Trinajstić information content (AvgIpc) is 2.34.